The van der Waals surface area contributed by atoms with E-state index in [0.29, 0.717) is 13.1 Å². The van der Waals surface area contributed by atoms with Gasteiger partial charge < -0.3 is 4.90 Å². The molecule has 168 valence electrons. The van der Waals surface area contributed by atoms with Gasteiger partial charge in [-0.1, -0.05) is 24.6 Å². The van der Waals surface area contributed by atoms with Gasteiger partial charge in [0, 0.05) is 44.0 Å². The summed E-state index contributed by atoms with van der Waals surface area (Å²) in [5.74, 6) is -1.24. The van der Waals surface area contributed by atoms with Crippen molar-refractivity contribution in [2.24, 2.45) is 0 Å². The highest BCUT2D eigenvalue weighted by atomic mass is 32.2. The second-order valence-electron chi connectivity index (χ2n) is 7.90. The maximum absolute atomic E-state index is 14.5. The number of benzene rings is 2. The summed E-state index contributed by atoms with van der Waals surface area (Å²) < 4.78 is 43.3. The lowest BCUT2D eigenvalue weighted by molar-refractivity contribution is 0.0784. The van der Waals surface area contributed by atoms with Crippen molar-refractivity contribution in [2.75, 3.05) is 20.1 Å². The SMILES string of the molecule is CN(Cc1cnn(-c2ccccc2)c1)C(=O)c1ccc(F)c(S(=O)(=O)N2CCCCC2)c1. The van der Waals surface area contributed by atoms with Crippen LogP contribution >= 0.6 is 0 Å². The molecule has 2 heterocycles. The van der Waals surface area contributed by atoms with E-state index in [0.717, 1.165) is 42.6 Å². The van der Waals surface area contributed by atoms with E-state index in [1.807, 2.05) is 36.5 Å². The number of aromatic nitrogens is 2. The van der Waals surface area contributed by atoms with Crippen molar-refractivity contribution >= 4 is 15.9 Å². The molecule has 0 spiro atoms. The zero-order valence-electron chi connectivity index (χ0n) is 17.8. The van der Waals surface area contributed by atoms with Gasteiger partial charge >= 0.3 is 0 Å². The van der Waals surface area contributed by atoms with Crippen molar-refractivity contribution in [3.63, 3.8) is 0 Å². The molecule has 1 aliphatic heterocycles. The largest absolute Gasteiger partial charge is 0.337 e. The number of nitrogens with zero attached hydrogens (tertiary/aromatic N) is 4. The summed E-state index contributed by atoms with van der Waals surface area (Å²) in [5.41, 5.74) is 1.84. The lowest BCUT2D eigenvalue weighted by Gasteiger charge is -2.26. The molecule has 1 aliphatic rings. The fourth-order valence-electron chi connectivity index (χ4n) is 3.81. The van der Waals surface area contributed by atoms with Gasteiger partial charge in [0.1, 0.15) is 10.7 Å². The molecule has 7 nitrogen and oxygen atoms in total. The number of rotatable bonds is 6. The molecule has 1 fully saturated rings. The van der Waals surface area contributed by atoms with Crippen molar-refractivity contribution < 1.29 is 17.6 Å². The molecule has 0 bridgehead atoms. The van der Waals surface area contributed by atoms with Crippen LogP contribution in [0.3, 0.4) is 0 Å². The van der Waals surface area contributed by atoms with Gasteiger partial charge in [-0.25, -0.2) is 17.5 Å². The molecule has 9 heteroatoms. The summed E-state index contributed by atoms with van der Waals surface area (Å²) in [7, 11) is -2.37. The quantitative estimate of drug-likeness (QED) is 0.569. The van der Waals surface area contributed by atoms with Crippen LogP contribution in [0.1, 0.15) is 35.2 Å². The first kappa shape index (κ1) is 22.2. The standard InChI is InChI=1S/C23H25FN4O3S/c1-26(16-18-15-25-28(17-18)20-8-4-2-5-9-20)23(29)19-10-11-21(24)22(14-19)32(30,31)27-12-6-3-7-13-27/h2,4-5,8-11,14-15,17H,3,6-7,12-13,16H2,1H3. The molecule has 0 unspecified atom stereocenters. The number of hydrogen-bond donors (Lipinski definition) is 0. The lowest BCUT2D eigenvalue weighted by Crippen LogP contribution is -2.36. The second kappa shape index (κ2) is 9.22. The van der Waals surface area contributed by atoms with Crippen LogP contribution in [0.4, 0.5) is 4.39 Å². The Morgan fingerprint density at radius 2 is 1.81 bits per heavy atom. The van der Waals surface area contributed by atoms with E-state index in [1.54, 1.807) is 17.9 Å². The van der Waals surface area contributed by atoms with Gasteiger partial charge in [-0.15, -0.1) is 0 Å². The van der Waals surface area contributed by atoms with Gasteiger partial charge in [-0.3, -0.25) is 4.79 Å². The zero-order valence-corrected chi connectivity index (χ0v) is 18.6. The Bertz CT molecular complexity index is 1200. The molecule has 0 atom stereocenters. The van der Waals surface area contributed by atoms with Gasteiger partial charge in [0.25, 0.3) is 5.91 Å². The number of halogens is 1. The van der Waals surface area contributed by atoms with Crippen LogP contribution in [0.15, 0.2) is 65.8 Å². The maximum atomic E-state index is 14.5. The topological polar surface area (TPSA) is 75.5 Å². The first-order valence-corrected chi connectivity index (χ1v) is 11.9. The van der Waals surface area contributed by atoms with Gasteiger partial charge in [-0.05, 0) is 43.2 Å². The molecule has 0 saturated carbocycles. The van der Waals surface area contributed by atoms with Gasteiger partial charge in [0.15, 0.2) is 0 Å². The van der Waals surface area contributed by atoms with Crippen LogP contribution < -0.4 is 0 Å². The summed E-state index contributed by atoms with van der Waals surface area (Å²) in [5, 5.41) is 4.33. The Kier molecular flexibility index (Phi) is 6.38. The molecule has 0 radical (unpaired) electrons. The molecule has 0 N–H and O–H groups in total. The van der Waals surface area contributed by atoms with E-state index < -0.39 is 26.6 Å². The van der Waals surface area contributed by atoms with Gasteiger partial charge in [-0.2, -0.15) is 9.40 Å². The van der Waals surface area contributed by atoms with Gasteiger partial charge in [0.05, 0.1) is 11.9 Å². The molecule has 1 amide bonds. The third kappa shape index (κ3) is 4.58. The normalized spacial score (nSPS) is 14.9. The van der Waals surface area contributed by atoms with Crippen LogP contribution in [0.2, 0.25) is 0 Å². The van der Waals surface area contributed by atoms with Crippen molar-refractivity contribution in [2.45, 2.75) is 30.7 Å². The number of sulfonamides is 1. The van der Waals surface area contributed by atoms with Crippen LogP contribution in [-0.2, 0) is 16.6 Å². The van der Waals surface area contributed by atoms with Crippen molar-refractivity contribution in [3.8, 4) is 5.69 Å². The number of carbonyl (C=O) groups is 1. The minimum atomic E-state index is -3.99. The van der Waals surface area contributed by atoms with Gasteiger partial charge in [0.2, 0.25) is 10.0 Å². The van der Waals surface area contributed by atoms with Crippen LogP contribution in [0.5, 0.6) is 0 Å². The van der Waals surface area contributed by atoms with E-state index in [2.05, 4.69) is 5.10 Å². The molecule has 0 aliphatic carbocycles. The summed E-state index contributed by atoms with van der Waals surface area (Å²) in [6.45, 7) is 1.01. The Balaban J connectivity index is 1.52. The number of carbonyl (C=O) groups excluding carboxylic acids is 1. The van der Waals surface area contributed by atoms with Crippen molar-refractivity contribution in [1.29, 1.82) is 0 Å². The van der Waals surface area contributed by atoms with E-state index in [9.17, 15) is 17.6 Å². The van der Waals surface area contributed by atoms with E-state index in [-0.39, 0.29) is 12.1 Å². The predicted molar refractivity (Wildman–Crippen MR) is 118 cm³/mol. The number of para-hydroxylation sites is 1. The molecule has 1 saturated heterocycles. The number of amides is 1. The fourth-order valence-corrected chi connectivity index (χ4v) is 5.42. The highest BCUT2D eigenvalue weighted by molar-refractivity contribution is 7.89. The molecular weight excluding hydrogens is 431 g/mol. The van der Waals surface area contributed by atoms with E-state index >= 15 is 0 Å². The monoisotopic (exact) mass is 456 g/mol. The molecule has 4 rings (SSSR count). The molecular formula is C23H25FN4O3S. The summed E-state index contributed by atoms with van der Waals surface area (Å²) in [6.07, 6.45) is 5.96. The maximum Gasteiger partial charge on any atom is 0.253 e. The van der Waals surface area contributed by atoms with Crippen LogP contribution in [-0.4, -0.2) is 53.4 Å². The van der Waals surface area contributed by atoms with E-state index in [1.165, 1.54) is 15.3 Å². The smallest absolute Gasteiger partial charge is 0.253 e. The second-order valence-corrected chi connectivity index (χ2v) is 9.81. The van der Waals surface area contributed by atoms with E-state index in [4.69, 9.17) is 0 Å². The Morgan fingerprint density at radius 3 is 2.53 bits per heavy atom. The first-order chi connectivity index (χ1) is 15.4. The summed E-state index contributed by atoms with van der Waals surface area (Å²) in [4.78, 5) is 14.0. The fraction of sp³-hybridized carbons (Fsp3) is 0.304. The summed E-state index contributed by atoms with van der Waals surface area (Å²) >= 11 is 0. The Morgan fingerprint density at radius 1 is 1.09 bits per heavy atom. The molecule has 2 aromatic carbocycles. The summed E-state index contributed by atoms with van der Waals surface area (Å²) in [6, 6.07) is 13.1. The average molecular weight is 457 g/mol. The minimum Gasteiger partial charge on any atom is -0.337 e. The highest BCUT2D eigenvalue weighted by Crippen LogP contribution is 2.24. The average Bonchev–Trinajstić information content (AvgIpc) is 3.28. The predicted octanol–water partition coefficient (Wildman–Crippen LogP) is 3.46. The number of piperidine rings is 1. The molecule has 32 heavy (non-hydrogen) atoms. The first-order valence-electron chi connectivity index (χ1n) is 10.5. The molecule has 1 aromatic heterocycles. The molecule has 3 aromatic rings. The van der Waals surface area contributed by atoms with Crippen LogP contribution in [0, 0.1) is 5.82 Å². The van der Waals surface area contributed by atoms with Crippen molar-refractivity contribution in [3.05, 3.63) is 77.9 Å². The Labute approximate surface area is 187 Å². The third-order valence-electron chi connectivity index (χ3n) is 5.53. The lowest BCUT2D eigenvalue weighted by atomic mass is 10.2. The minimum absolute atomic E-state index is 0.125. The third-order valence-corrected chi connectivity index (χ3v) is 7.45. The highest BCUT2D eigenvalue weighted by Gasteiger charge is 2.29. The zero-order chi connectivity index (χ0) is 22.7. The van der Waals surface area contributed by atoms with Crippen LogP contribution in [0.25, 0.3) is 5.69 Å². The van der Waals surface area contributed by atoms with Crippen molar-refractivity contribution in [1.82, 2.24) is 19.0 Å². The number of hydrogen-bond acceptors (Lipinski definition) is 4. The Hall–Kier alpha value is -3.04.